The minimum Gasteiger partial charge on any atom is -0.292 e. The van der Waals surface area contributed by atoms with Gasteiger partial charge in [0.2, 0.25) is 0 Å². The standard InChI is InChI=1S/C36H32N3S.Ir/c1-35(2,3)24-13-15-30-26(20-24)27-21-25(36(4,5)6)14-16-31(27)39(30)34-29-19-23-11-8-7-10-22(23)18-28(29)33(37-38-34)32-12-9-17-40-32;/h7-11,13-21H,1-6H3;/q-1;. The van der Waals surface area contributed by atoms with Gasteiger partial charge >= 0.3 is 0 Å². The molecule has 7 rings (SSSR count). The van der Waals surface area contributed by atoms with Crippen LogP contribution in [0.5, 0.6) is 0 Å². The molecule has 3 nitrogen and oxygen atoms in total. The summed E-state index contributed by atoms with van der Waals surface area (Å²) in [6.07, 6.45) is 0. The fourth-order valence-electron chi connectivity index (χ4n) is 5.71. The SMILES string of the molecule is CC(C)(C)c1ccc2c(c1)c1cc(C(C)(C)C)ccc1n2-c1nnc(-c2[c-]ccs2)c2cc3ccccc3cc12.[Ir]. The first-order chi connectivity index (χ1) is 19.1. The fraction of sp³-hybridized carbons (Fsp3) is 0.222. The van der Waals surface area contributed by atoms with Gasteiger partial charge in [-0.25, -0.2) is 16.4 Å². The molecule has 3 heterocycles. The molecule has 0 aliphatic heterocycles. The molecule has 0 atom stereocenters. The molecule has 0 N–H and O–H groups in total. The average molecular weight is 731 g/mol. The minimum atomic E-state index is 0. The van der Waals surface area contributed by atoms with E-state index in [1.54, 1.807) is 11.3 Å². The van der Waals surface area contributed by atoms with Gasteiger partial charge in [0.1, 0.15) is 0 Å². The molecule has 0 bridgehead atoms. The van der Waals surface area contributed by atoms with Gasteiger partial charge in [-0.1, -0.05) is 88.9 Å². The molecule has 3 aromatic heterocycles. The van der Waals surface area contributed by atoms with Gasteiger partial charge in [-0.15, -0.1) is 10.5 Å². The normalized spacial score (nSPS) is 12.4. The van der Waals surface area contributed by atoms with E-state index in [1.165, 1.54) is 32.7 Å². The van der Waals surface area contributed by atoms with Crippen molar-refractivity contribution in [1.29, 1.82) is 0 Å². The van der Waals surface area contributed by atoms with Gasteiger partial charge < -0.3 is 0 Å². The van der Waals surface area contributed by atoms with E-state index in [-0.39, 0.29) is 30.9 Å². The molecule has 0 aliphatic rings. The van der Waals surface area contributed by atoms with E-state index < -0.39 is 0 Å². The minimum absolute atomic E-state index is 0. The van der Waals surface area contributed by atoms with Gasteiger partial charge in [-0.2, -0.15) is 12.1 Å². The number of hydrogen-bond acceptors (Lipinski definition) is 3. The van der Waals surface area contributed by atoms with Crippen LogP contribution in [0.3, 0.4) is 0 Å². The van der Waals surface area contributed by atoms with Gasteiger partial charge in [0.25, 0.3) is 0 Å². The monoisotopic (exact) mass is 731 g/mol. The molecule has 1 radical (unpaired) electrons. The van der Waals surface area contributed by atoms with E-state index >= 15 is 0 Å². The van der Waals surface area contributed by atoms with Crippen LogP contribution in [0.4, 0.5) is 0 Å². The van der Waals surface area contributed by atoms with Crippen molar-refractivity contribution in [3.05, 3.63) is 101 Å². The molecular weight excluding hydrogens is 699 g/mol. The van der Waals surface area contributed by atoms with Crippen LogP contribution < -0.4 is 0 Å². The Morgan fingerprint density at radius 3 is 1.73 bits per heavy atom. The fourth-order valence-corrected chi connectivity index (χ4v) is 6.38. The number of nitrogens with zero attached hydrogens (tertiary/aromatic N) is 3. The van der Waals surface area contributed by atoms with Crippen LogP contribution in [0.15, 0.2) is 84.2 Å². The molecule has 0 saturated carbocycles. The van der Waals surface area contributed by atoms with E-state index in [1.807, 2.05) is 11.4 Å². The van der Waals surface area contributed by atoms with Crippen molar-refractivity contribution >= 4 is 54.7 Å². The largest absolute Gasteiger partial charge is 0.292 e. The van der Waals surface area contributed by atoms with E-state index in [9.17, 15) is 0 Å². The van der Waals surface area contributed by atoms with E-state index in [2.05, 4.69) is 125 Å². The topological polar surface area (TPSA) is 30.7 Å². The van der Waals surface area contributed by atoms with E-state index in [4.69, 9.17) is 10.2 Å². The Balaban J connectivity index is 0.00000302. The summed E-state index contributed by atoms with van der Waals surface area (Å²) in [4.78, 5) is 1.01. The average Bonchev–Trinajstić information content (AvgIpc) is 3.56. The van der Waals surface area contributed by atoms with Crippen LogP contribution >= 0.6 is 11.3 Å². The maximum absolute atomic E-state index is 4.95. The third kappa shape index (κ3) is 4.61. The van der Waals surface area contributed by atoms with Gasteiger partial charge in [-0.05, 0) is 68.4 Å². The second-order valence-corrected chi connectivity index (χ2v) is 13.7. The first-order valence-corrected chi connectivity index (χ1v) is 14.7. The van der Waals surface area contributed by atoms with Crippen LogP contribution in [-0.2, 0) is 30.9 Å². The number of benzene rings is 4. The summed E-state index contributed by atoms with van der Waals surface area (Å²) < 4.78 is 2.32. The molecule has 0 amide bonds. The molecule has 207 valence electrons. The molecule has 0 saturated heterocycles. The van der Waals surface area contributed by atoms with Gasteiger partial charge in [0.15, 0.2) is 5.82 Å². The van der Waals surface area contributed by atoms with Crippen LogP contribution in [0.1, 0.15) is 52.7 Å². The Bertz CT molecular complexity index is 2000. The predicted octanol–water partition coefficient (Wildman–Crippen LogP) is 10.0. The third-order valence-electron chi connectivity index (χ3n) is 8.02. The number of fused-ring (bicyclic) bond motifs is 5. The van der Waals surface area contributed by atoms with Gasteiger partial charge in [0, 0.05) is 42.0 Å². The Hall–Kier alpha value is -3.37. The summed E-state index contributed by atoms with van der Waals surface area (Å²) in [6.45, 7) is 13.7. The first kappa shape index (κ1) is 27.8. The van der Waals surface area contributed by atoms with Gasteiger partial charge in [-0.3, -0.25) is 4.57 Å². The predicted molar refractivity (Wildman–Crippen MR) is 171 cm³/mol. The van der Waals surface area contributed by atoms with Crippen molar-refractivity contribution in [2.75, 3.05) is 0 Å². The number of hydrogen-bond donors (Lipinski definition) is 0. The molecule has 0 aliphatic carbocycles. The Kier molecular flexibility index (Phi) is 6.69. The Morgan fingerprint density at radius 2 is 1.22 bits per heavy atom. The summed E-state index contributed by atoms with van der Waals surface area (Å²) in [7, 11) is 0. The Labute approximate surface area is 258 Å². The van der Waals surface area contributed by atoms with Crippen LogP contribution in [0, 0.1) is 6.07 Å². The summed E-state index contributed by atoms with van der Waals surface area (Å²) >= 11 is 1.65. The first-order valence-electron chi connectivity index (χ1n) is 13.8. The molecular formula is C36H32IrN3S-. The molecule has 41 heavy (non-hydrogen) atoms. The molecule has 5 heteroatoms. The second-order valence-electron chi connectivity index (χ2n) is 12.8. The van der Waals surface area contributed by atoms with Crippen LogP contribution in [0.2, 0.25) is 0 Å². The molecule has 0 spiro atoms. The maximum Gasteiger partial charge on any atom is 0.165 e. The van der Waals surface area contributed by atoms with Gasteiger partial charge in [0.05, 0.1) is 11.0 Å². The molecule has 7 aromatic rings. The quantitative estimate of drug-likeness (QED) is 0.131. The summed E-state index contributed by atoms with van der Waals surface area (Å²) in [6, 6.07) is 32.2. The molecule has 4 aromatic carbocycles. The van der Waals surface area contributed by atoms with Crippen LogP contribution in [0.25, 0.3) is 59.7 Å². The number of thiophene rings is 1. The van der Waals surface area contributed by atoms with Crippen molar-refractivity contribution in [1.82, 2.24) is 14.8 Å². The summed E-state index contributed by atoms with van der Waals surface area (Å²) in [5.41, 5.74) is 5.92. The van der Waals surface area contributed by atoms with Crippen molar-refractivity contribution in [3.63, 3.8) is 0 Å². The van der Waals surface area contributed by atoms with E-state index in [0.29, 0.717) is 0 Å². The number of rotatable bonds is 2. The zero-order valence-corrected chi connectivity index (χ0v) is 27.4. The second kappa shape index (κ2) is 9.87. The number of aromatic nitrogens is 3. The van der Waals surface area contributed by atoms with Crippen molar-refractivity contribution < 1.29 is 20.1 Å². The zero-order valence-electron chi connectivity index (χ0n) is 24.2. The Morgan fingerprint density at radius 1 is 0.659 bits per heavy atom. The van der Waals surface area contributed by atoms with Crippen LogP contribution in [-0.4, -0.2) is 14.8 Å². The summed E-state index contributed by atoms with van der Waals surface area (Å²) in [5.74, 6) is 0.855. The zero-order chi connectivity index (χ0) is 27.8. The molecule has 0 unspecified atom stereocenters. The third-order valence-corrected chi connectivity index (χ3v) is 8.84. The van der Waals surface area contributed by atoms with Crippen molar-refractivity contribution in [2.45, 2.75) is 52.4 Å². The van der Waals surface area contributed by atoms with Crippen molar-refractivity contribution in [2.24, 2.45) is 0 Å². The molecule has 0 fully saturated rings. The smallest absolute Gasteiger partial charge is 0.165 e. The summed E-state index contributed by atoms with van der Waals surface area (Å²) in [5, 5.41) is 18.9. The van der Waals surface area contributed by atoms with E-state index in [0.717, 1.165) is 38.2 Å². The van der Waals surface area contributed by atoms with Crippen molar-refractivity contribution in [3.8, 4) is 16.4 Å². The maximum atomic E-state index is 4.95.